The summed E-state index contributed by atoms with van der Waals surface area (Å²) in [5.74, 6) is 1.23. The summed E-state index contributed by atoms with van der Waals surface area (Å²) in [4.78, 5) is 20.6. The van der Waals surface area contributed by atoms with Crippen LogP contribution in [0.3, 0.4) is 0 Å². The third kappa shape index (κ3) is 4.39. The molecule has 160 valence electrons. The summed E-state index contributed by atoms with van der Waals surface area (Å²) in [7, 11) is 1.62. The van der Waals surface area contributed by atoms with Gasteiger partial charge in [-0.05, 0) is 49.1 Å². The van der Waals surface area contributed by atoms with Crippen LogP contribution < -0.4 is 9.47 Å². The minimum atomic E-state index is -0.0920. The largest absolute Gasteiger partial charge is 0.493 e. The number of rotatable bonds is 8. The predicted octanol–water partition coefficient (Wildman–Crippen LogP) is 4.35. The molecule has 3 aromatic heterocycles. The van der Waals surface area contributed by atoms with Crippen molar-refractivity contribution in [3.8, 4) is 11.5 Å². The fourth-order valence-electron chi connectivity index (χ4n) is 3.43. The van der Waals surface area contributed by atoms with Crippen LogP contribution in [-0.4, -0.2) is 39.1 Å². The number of ether oxygens (including phenoxy) is 2. The monoisotopic (exact) mass is 436 g/mol. The molecule has 0 N–H and O–H groups in total. The molecule has 0 fully saturated rings. The molecule has 0 saturated heterocycles. The smallest absolute Gasteiger partial charge is 0.259 e. The lowest BCUT2D eigenvalue weighted by Crippen LogP contribution is -2.30. The molecule has 0 aliphatic rings. The number of hydrogen-bond donors (Lipinski definition) is 0. The Balaban J connectivity index is 1.53. The highest BCUT2D eigenvalue weighted by Gasteiger charge is 2.23. The average Bonchev–Trinajstić information content (AvgIpc) is 3.42. The maximum atomic E-state index is 13.3. The van der Waals surface area contributed by atoms with E-state index in [0.717, 1.165) is 10.4 Å². The van der Waals surface area contributed by atoms with E-state index in [9.17, 15) is 4.79 Å². The quantitative estimate of drug-likeness (QED) is 0.411. The highest BCUT2D eigenvalue weighted by molar-refractivity contribution is 7.09. The Morgan fingerprint density at radius 2 is 2.10 bits per heavy atom. The topological polar surface area (TPSA) is 69.0 Å². The van der Waals surface area contributed by atoms with Gasteiger partial charge < -0.3 is 14.4 Å². The van der Waals surface area contributed by atoms with Crippen LogP contribution in [-0.2, 0) is 13.2 Å². The van der Waals surface area contributed by atoms with E-state index in [2.05, 4.69) is 10.1 Å². The number of thiophene rings is 1. The SMILES string of the molecule is CCN(Cc1ccc(OCc2cccs2)c(OC)c1)C(=O)c1c(C)nn2cccnc12. The minimum Gasteiger partial charge on any atom is -0.493 e. The van der Waals surface area contributed by atoms with Crippen molar-refractivity contribution in [3.05, 3.63) is 75.9 Å². The first-order valence-electron chi connectivity index (χ1n) is 10.0. The van der Waals surface area contributed by atoms with Crippen molar-refractivity contribution in [1.82, 2.24) is 19.5 Å². The Bertz CT molecular complexity index is 1190. The van der Waals surface area contributed by atoms with E-state index in [-0.39, 0.29) is 5.91 Å². The standard InChI is InChI=1S/C23H24N4O3S/c1-4-26(23(28)21-16(2)25-27-11-6-10-24-22(21)27)14-17-8-9-19(20(13-17)29-3)30-15-18-7-5-12-31-18/h5-13H,4,14-15H2,1-3H3. The van der Waals surface area contributed by atoms with Gasteiger partial charge in [0.25, 0.3) is 5.91 Å². The van der Waals surface area contributed by atoms with Crippen LogP contribution in [0.15, 0.2) is 54.2 Å². The van der Waals surface area contributed by atoms with Gasteiger partial charge in [-0.1, -0.05) is 12.1 Å². The van der Waals surface area contributed by atoms with Crippen molar-refractivity contribution in [2.45, 2.75) is 27.0 Å². The molecule has 31 heavy (non-hydrogen) atoms. The molecule has 4 aromatic rings. The van der Waals surface area contributed by atoms with Gasteiger partial charge in [-0.2, -0.15) is 5.10 Å². The molecule has 4 rings (SSSR count). The van der Waals surface area contributed by atoms with Crippen molar-refractivity contribution in [3.63, 3.8) is 0 Å². The zero-order valence-electron chi connectivity index (χ0n) is 17.7. The molecule has 0 aliphatic carbocycles. The summed E-state index contributed by atoms with van der Waals surface area (Å²) in [6.45, 7) is 5.29. The molecule has 0 spiro atoms. The predicted molar refractivity (Wildman–Crippen MR) is 120 cm³/mol. The molecule has 7 nitrogen and oxygen atoms in total. The molecule has 1 amide bonds. The summed E-state index contributed by atoms with van der Waals surface area (Å²) in [5, 5.41) is 6.43. The molecule has 0 atom stereocenters. The van der Waals surface area contributed by atoms with Crippen LogP contribution in [0.5, 0.6) is 11.5 Å². The Morgan fingerprint density at radius 1 is 1.23 bits per heavy atom. The van der Waals surface area contributed by atoms with E-state index in [0.29, 0.717) is 48.1 Å². The van der Waals surface area contributed by atoms with Gasteiger partial charge >= 0.3 is 0 Å². The second-order valence-electron chi connectivity index (χ2n) is 7.02. The van der Waals surface area contributed by atoms with Gasteiger partial charge in [0.05, 0.1) is 12.8 Å². The van der Waals surface area contributed by atoms with Gasteiger partial charge in [0.1, 0.15) is 12.2 Å². The summed E-state index contributed by atoms with van der Waals surface area (Å²) >= 11 is 1.65. The Morgan fingerprint density at radius 3 is 2.84 bits per heavy atom. The number of fused-ring (bicyclic) bond motifs is 1. The molecule has 0 bridgehead atoms. The van der Waals surface area contributed by atoms with Crippen molar-refractivity contribution in [2.24, 2.45) is 0 Å². The second-order valence-corrected chi connectivity index (χ2v) is 8.05. The van der Waals surface area contributed by atoms with E-state index in [1.165, 1.54) is 0 Å². The van der Waals surface area contributed by atoms with Gasteiger partial charge in [0.2, 0.25) is 0 Å². The lowest BCUT2D eigenvalue weighted by Gasteiger charge is -2.21. The number of carbonyl (C=O) groups is 1. The molecule has 3 heterocycles. The second kappa shape index (κ2) is 9.18. The first-order valence-corrected chi connectivity index (χ1v) is 10.9. The number of aryl methyl sites for hydroxylation is 1. The number of aromatic nitrogens is 3. The van der Waals surface area contributed by atoms with Crippen LogP contribution in [0.2, 0.25) is 0 Å². The Hall–Kier alpha value is -3.39. The fraction of sp³-hybridized carbons (Fsp3) is 0.261. The molecule has 8 heteroatoms. The van der Waals surface area contributed by atoms with Gasteiger partial charge in [-0.25, -0.2) is 9.50 Å². The number of nitrogens with zero attached hydrogens (tertiary/aromatic N) is 4. The van der Waals surface area contributed by atoms with Gasteiger partial charge in [-0.15, -0.1) is 11.3 Å². The molecule has 0 aliphatic heterocycles. The number of hydrogen-bond acceptors (Lipinski definition) is 6. The zero-order valence-corrected chi connectivity index (χ0v) is 18.6. The summed E-state index contributed by atoms with van der Waals surface area (Å²) in [6, 6.07) is 11.6. The van der Waals surface area contributed by atoms with E-state index < -0.39 is 0 Å². The first-order chi connectivity index (χ1) is 15.1. The van der Waals surface area contributed by atoms with Crippen LogP contribution in [0.25, 0.3) is 5.65 Å². The van der Waals surface area contributed by atoms with Crippen LogP contribution in [0.4, 0.5) is 0 Å². The van der Waals surface area contributed by atoms with Crippen molar-refractivity contribution in [1.29, 1.82) is 0 Å². The number of benzene rings is 1. The summed E-state index contributed by atoms with van der Waals surface area (Å²) in [5.41, 5.74) is 2.72. The van der Waals surface area contributed by atoms with E-state index in [1.807, 2.05) is 49.6 Å². The van der Waals surface area contributed by atoms with E-state index in [4.69, 9.17) is 9.47 Å². The molecule has 1 aromatic carbocycles. The lowest BCUT2D eigenvalue weighted by molar-refractivity contribution is 0.0753. The Labute approximate surface area is 184 Å². The molecule has 0 unspecified atom stereocenters. The zero-order chi connectivity index (χ0) is 21.8. The van der Waals surface area contributed by atoms with Gasteiger partial charge in [-0.3, -0.25) is 4.79 Å². The van der Waals surface area contributed by atoms with Crippen LogP contribution in [0.1, 0.15) is 33.4 Å². The van der Waals surface area contributed by atoms with Crippen molar-refractivity contribution >= 4 is 22.9 Å². The fourth-order valence-corrected chi connectivity index (χ4v) is 4.04. The maximum Gasteiger partial charge on any atom is 0.259 e. The van der Waals surface area contributed by atoms with Gasteiger partial charge in [0, 0.05) is 30.4 Å². The van der Waals surface area contributed by atoms with E-state index in [1.54, 1.807) is 46.3 Å². The third-order valence-corrected chi connectivity index (χ3v) is 5.85. The highest BCUT2D eigenvalue weighted by atomic mass is 32.1. The normalized spacial score (nSPS) is 10.9. The van der Waals surface area contributed by atoms with Crippen LogP contribution in [0, 0.1) is 6.92 Å². The first kappa shape index (κ1) is 20.9. The van der Waals surface area contributed by atoms with Crippen molar-refractivity contribution in [2.75, 3.05) is 13.7 Å². The lowest BCUT2D eigenvalue weighted by atomic mass is 10.1. The summed E-state index contributed by atoms with van der Waals surface area (Å²) < 4.78 is 13.1. The number of methoxy groups -OCH3 is 1. The summed E-state index contributed by atoms with van der Waals surface area (Å²) in [6.07, 6.45) is 3.46. The molecular weight excluding hydrogens is 412 g/mol. The molecular formula is C23H24N4O3S. The molecule has 0 saturated carbocycles. The third-order valence-electron chi connectivity index (χ3n) is 5.00. The number of carbonyl (C=O) groups excluding carboxylic acids is 1. The van der Waals surface area contributed by atoms with Crippen molar-refractivity contribution < 1.29 is 14.3 Å². The van der Waals surface area contributed by atoms with Crippen LogP contribution >= 0.6 is 11.3 Å². The maximum absolute atomic E-state index is 13.3. The average molecular weight is 437 g/mol. The highest BCUT2D eigenvalue weighted by Crippen LogP contribution is 2.30. The van der Waals surface area contributed by atoms with Gasteiger partial charge in [0.15, 0.2) is 17.1 Å². The Kier molecular flexibility index (Phi) is 6.18. The molecule has 0 radical (unpaired) electrons. The number of amides is 1. The minimum absolute atomic E-state index is 0.0920. The van der Waals surface area contributed by atoms with E-state index >= 15 is 0 Å².